The summed E-state index contributed by atoms with van der Waals surface area (Å²) in [7, 11) is 0. The first-order chi connectivity index (χ1) is 7.22. The lowest BCUT2D eigenvalue weighted by atomic mass is 9.71. The Morgan fingerprint density at radius 2 is 1.60 bits per heavy atom. The van der Waals surface area contributed by atoms with Crippen LogP contribution in [0.3, 0.4) is 0 Å². The van der Waals surface area contributed by atoms with E-state index in [-0.39, 0.29) is 5.41 Å². The number of azide groups is 2. The average Bonchev–Trinajstić information content (AvgIpc) is 2.27. The predicted octanol–water partition coefficient (Wildman–Crippen LogP) is 3.80. The van der Waals surface area contributed by atoms with Gasteiger partial charge < -0.3 is 0 Å². The largest absolute Gasteiger partial charge is 0.0934 e. The molecule has 0 N–H and O–H groups in total. The zero-order valence-corrected chi connectivity index (χ0v) is 9.00. The van der Waals surface area contributed by atoms with Gasteiger partial charge in [0.2, 0.25) is 0 Å². The summed E-state index contributed by atoms with van der Waals surface area (Å²) in [6.45, 7) is 3.13. The Morgan fingerprint density at radius 1 is 1.13 bits per heavy atom. The van der Waals surface area contributed by atoms with E-state index < -0.39 is 0 Å². The fraction of sp³-hybridized carbons (Fsp3) is 1.00. The van der Waals surface area contributed by atoms with Crippen molar-refractivity contribution in [2.24, 2.45) is 21.6 Å². The van der Waals surface area contributed by atoms with Crippen LogP contribution in [0.25, 0.3) is 20.9 Å². The normalized spacial score (nSPS) is 30.1. The van der Waals surface area contributed by atoms with Crippen LogP contribution in [-0.4, -0.2) is 13.1 Å². The maximum absolute atomic E-state index is 8.34. The maximum Gasteiger partial charge on any atom is 0.0315 e. The molecule has 0 heterocycles. The average molecular weight is 208 g/mol. The van der Waals surface area contributed by atoms with Crippen LogP contribution < -0.4 is 0 Å². The van der Waals surface area contributed by atoms with E-state index in [1.54, 1.807) is 0 Å². The molecule has 1 aliphatic carbocycles. The molecule has 0 aromatic carbocycles. The SMILES string of the molecule is CC1CCC(CN=[N+]=[N-])(CN=[N+]=[N-])CC1. The summed E-state index contributed by atoms with van der Waals surface area (Å²) >= 11 is 0. The zero-order chi connectivity index (χ0) is 11.1. The van der Waals surface area contributed by atoms with Gasteiger partial charge in [-0.1, -0.05) is 30.0 Å². The lowest BCUT2D eigenvalue weighted by molar-refractivity contribution is 0.173. The first-order valence-corrected chi connectivity index (χ1v) is 5.24. The molecule has 1 fully saturated rings. The Labute approximate surface area is 88.9 Å². The highest BCUT2D eigenvalue weighted by Gasteiger charge is 2.32. The Morgan fingerprint density at radius 3 is 2.00 bits per heavy atom. The molecule has 0 unspecified atom stereocenters. The summed E-state index contributed by atoms with van der Waals surface area (Å²) in [6.07, 6.45) is 4.24. The van der Waals surface area contributed by atoms with Crippen molar-refractivity contribution in [2.45, 2.75) is 32.6 Å². The zero-order valence-electron chi connectivity index (χ0n) is 9.00. The van der Waals surface area contributed by atoms with Crippen LogP contribution in [0.5, 0.6) is 0 Å². The molecule has 0 spiro atoms. The Hall–Kier alpha value is -1.38. The highest BCUT2D eigenvalue weighted by atomic mass is 15.2. The number of nitrogens with zero attached hydrogens (tertiary/aromatic N) is 6. The Bertz CT molecular complexity index is 270. The van der Waals surface area contributed by atoms with Gasteiger partial charge in [-0.25, -0.2) is 0 Å². The van der Waals surface area contributed by atoms with Crippen molar-refractivity contribution in [3.8, 4) is 0 Å². The van der Waals surface area contributed by atoms with Gasteiger partial charge in [-0.05, 0) is 35.2 Å². The van der Waals surface area contributed by atoms with Gasteiger partial charge in [0.1, 0.15) is 0 Å². The standard InChI is InChI=1S/C9H16N6/c1-8-2-4-9(5-3-8,6-12-14-10)7-13-15-11/h8H,2-7H2,1H3. The van der Waals surface area contributed by atoms with Gasteiger partial charge in [0.05, 0.1) is 0 Å². The lowest BCUT2D eigenvalue weighted by Gasteiger charge is -2.37. The summed E-state index contributed by atoms with van der Waals surface area (Å²) in [5.74, 6) is 0.732. The summed E-state index contributed by atoms with van der Waals surface area (Å²) in [6, 6.07) is 0. The summed E-state index contributed by atoms with van der Waals surface area (Å²) in [4.78, 5) is 5.58. The van der Waals surface area contributed by atoms with Crippen molar-refractivity contribution < 1.29 is 0 Å². The molecule has 0 radical (unpaired) electrons. The monoisotopic (exact) mass is 208 g/mol. The molecule has 15 heavy (non-hydrogen) atoms. The molecule has 1 rings (SSSR count). The molecule has 0 aromatic rings. The second-order valence-corrected chi connectivity index (χ2v) is 4.46. The second-order valence-electron chi connectivity index (χ2n) is 4.46. The smallest absolute Gasteiger partial charge is 0.0315 e. The Kier molecular flexibility index (Phi) is 4.28. The number of hydrogen-bond donors (Lipinski definition) is 0. The molecule has 0 aliphatic heterocycles. The van der Waals surface area contributed by atoms with Crippen molar-refractivity contribution in [1.29, 1.82) is 0 Å². The molecule has 0 bridgehead atoms. The van der Waals surface area contributed by atoms with E-state index in [0.717, 1.165) is 31.6 Å². The molecule has 0 atom stereocenters. The first-order valence-electron chi connectivity index (χ1n) is 5.24. The molecule has 1 aliphatic rings. The van der Waals surface area contributed by atoms with Gasteiger partial charge >= 0.3 is 0 Å². The van der Waals surface area contributed by atoms with Gasteiger partial charge in [0.15, 0.2) is 0 Å². The Balaban J connectivity index is 2.67. The fourth-order valence-corrected chi connectivity index (χ4v) is 2.10. The third-order valence-corrected chi connectivity index (χ3v) is 3.27. The minimum atomic E-state index is -0.0784. The van der Waals surface area contributed by atoms with Gasteiger partial charge in [0.25, 0.3) is 0 Å². The topological polar surface area (TPSA) is 97.5 Å². The van der Waals surface area contributed by atoms with Crippen molar-refractivity contribution in [2.75, 3.05) is 13.1 Å². The molecule has 0 aromatic heterocycles. The highest BCUT2D eigenvalue weighted by molar-refractivity contribution is 4.88. The molecule has 82 valence electrons. The second kappa shape index (κ2) is 5.49. The molecular formula is C9H16N6. The molecule has 1 saturated carbocycles. The van der Waals surface area contributed by atoms with Crippen LogP contribution in [0.1, 0.15) is 32.6 Å². The predicted molar refractivity (Wildman–Crippen MR) is 58.1 cm³/mol. The van der Waals surface area contributed by atoms with Crippen LogP contribution in [0.2, 0.25) is 0 Å². The van der Waals surface area contributed by atoms with Gasteiger partial charge in [-0.15, -0.1) is 0 Å². The van der Waals surface area contributed by atoms with E-state index in [9.17, 15) is 0 Å². The number of rotatable bonds is 4. The summed E-state index contributed by atoms with van der Waals surface area (Å²) < 4.78 is 0. The molecule has 0 amide bonds. The van der Waals surface area contributed by atoms with Gasteiger partial charge in [-0.2, -0.15) is 0 Å². The van der Waals surface area contributed by atoms with Gasteiger partial charge in [0, 0.05) is 22.9 Å². The van der Waals surface area contributed by atoms with Crippen molar-refractivity contribution in [3.63, 3.8) is 0 Å². The van der Waals surface area contributed by atoms with Crippen LogP contribution in [0.4, 0.5) is 0 Å². The highest BCUT2D eigenvalue weighted by Crippen LogP contribution is 2.39. The molecule has 6 heteroatoms. The van der Waals surface area contributed by atoms with E-state index in [1.807, 2.05) is 0 Å². The van der Waals surface area contributed by atoms with Crippen LogP contribution in [-0.2, 0) is 0 Å². The van der Waals surface area contributed by atoms with E-state index in [0.29, 0.717) is 13.1 Å². The van der Waals surface area contributed by atoms with Crippen molar-refractivity contribution >= 4 is 0 Å². The lowest BCUT2D eigenvalue weighted by Crippen LogP contribution is -2.32. The molecule has 6 nitrogen and oxygen atoms in total. The third-order valence-electron chi connectivity index (χ3n) is 3.27. The van der Waals surface area contributed by atoms with E-state index >= 15 is 0 Å². The van der Waals surface area contributed by atoms with Crippen molar-refractivity contribution in [1.82, 2.24) is 0 Å². The third kappa shape index (κ3) is 3.35. The van der Waals surface area contributed by atoms with Crippen LogP contribution >= 0.6 is 0 Å². The number of hydrogen-bond acceptors (Lipinski definition) is 2. The molecule has 0 saturated heterocycles. The fourth-order valence-electron chi connectivity index (χ4n) is 2.10. The minimum Gasteiger partial charge on any atom is -0.0934 e. The maximum atomic E-state index is 8.34. The quantitative estimate of drug-likeness (QED) is 0.381. The van der Waals surface area contributed by atoms with Crippen LogP contribution in [0, 0.1) is 11.3 Å². The first kappa shape index (κ1) is 11.7. The van der Waals surface area contributed by atoms with Gasteiger partial charge in [-0.3, -0.25) is 0 Å². The summed E-state index contributed by atoms with van der Waals surface area (Å²) in [5, 5.41) is 7.29. The van der Waals surface area contributed by atoms with Crippen molar-refractivity contribution in [3.05, 3.63) is 20.9 Å². The van der Waals surface area contributed by atoms with E-state index in [2.05, 4.69) is 27.0 Å². The van der Waals surface area contributed by atoms with E-state index in [4.69, 9.17) is 11.1 Å². The van der Waals surface area contributed by atoms with Crippen LogP contribution in [0.15, 0.2) is 10.2 Å². The minimum absolute atomic E-state index is 0.0784. The van der Waals surface area contributed by atoms with E-state index in [1.165, 1.54) is 0 Å². The summed E-state index contributed by atoms with van der Waals surface area (Å²) in [5.41, 5.74) is 16.6. The molecular weight excluding hydrogens is 192 g/mol.